The molecule has 0 aromatic carbocycles. The average molecular weight is 240 g/mol. The van der Waals surface area contributed by atoms with Gasteiger partial charge in [0.25, 0.3) is 0 Å². The number of primary amides is 1. The van der Waals surface area contributed by atoms with Crippen molar-refractivity contribution in [2.24, 2.45) is 11.7 Å². The van der Waals surface area contributed by atoms with Gasteiger partial charge in [0.05, 0.1) is 11.4 Å². The molecule has 0 aliphatic heterocycles. The molecule has 0 saturated heterocycles. The standard InChI is InChI=1S/C11H16N2O2S/c1-8(2)4-13(5-11(12)15)9-3-10(6-14)16-7-9/h3,6-8H,4-5H2,1-2H3,(H2,12,15). The van der Waals surface area contributed by atoms with Crippen LogP contribution < -0.4 is 10.6 Å². The quantitative estimate of drug-likeness (QED) is 0.767. The first-order chi connectivity index (χ1) is 7.52. The summed E-state index contributed by atoms with van der Waals surface area (Å²) < 4.78 is 0. The summed E-state index contributed by atoms with van der Waals surface area (Å²) in [6.07, 6.45) is 0.811. The second-order valence-corrected chi connectivity index (χ2v) is 5.01. The van der Waals surface area contributed by atoms with Crippen molar-refractivity contribution < 1.29 is 9.59 Å². The van der Waals surface area contributed by atoms with Crippen molar-refractivity contribution in [3.8, 4) is 0 Å². The van der Waals surface area contributed by atoms with Crippen molar-refractivity contribution in [2.75, 3.05) is 18.0 Å². The summed E-state index contributed by atoms with van der Waals surface area (Å²) in [5, 5.41) is 1.87. The normalized spacial score (nSPS) is 10.4. The molecule has 1 rings (SSSR count). The number of nitrogens with two attached hydrogens (primary N) is 1. The number of carbonyl (C=O) groups excluding carboxylic acids is 2. The molecule has 0 unspecified atom stereocenters. The Hall–Kier alpha value is -1.36. The van der Waals surface area contributed by atoms with Crippen LogP contribution >= 0.6 is 11.3 Å². The van der Waals surface area contributed by atoms with Crippen molar-refractivity contribution in [3.63, 3.8) is 0 Å². The lowest BCUT2D eigenvalue weighted by Gasteiger charge is -2.23. The molecule has 0 atom stereocenters. The van der Waals surface area contributed by atoms with Crippen LogP contribution in [0.15, 0.2) is 11.4 Å². The van der Waals surface area contributed by atoms with E-state index in [9.17, 15) is 9.59 Å². The highest BCUT2D eigenvalue weighted by Gasteiger charge is 2.12. The van der Waals surface area contributed by atoms with Gasteiger partial charge in [-0.2, -0.15) is 0 Å². The van der Waals surface area contributed by atoms with Crippen molar-refractivity contribution in [3.05, 3.63) is 16.3 Å². The topological polar surface area (TPSA) is 63.4 Å². The zero-order valence-electron chi connectivity index (χ0n) is 9.47. The predicted molar refractivity (Wildman–Crippen MR) is 66.0 cm³/mol. The van der Waals surface area contributed by atoms with Crippen LogP contribution in [0.2, 0.25) is 0 Å². The maximum absolute atomic E-state index is 11.0. The van der Waals surface area contributed by atoms with Gasteiger partial charge < -0.3 is 10.6 Å². The Labute approximate surface area is 99.0 Å². The average Bonchev–Trinajstić information content (AvgIpc) is 2.63. The summed E-state index contributed by atoms with van der Waals surface area (Å²) in [4.78, 5) is 24.1. The number of carbonyl (C=O) groups is 2. The number of aldehydes is 1. The Bertz CT molecular complexity index is 374. The van der Waals surface area contributed by atoms with Crippen LogP contribution in [-0.2, 0) is 4.79 Å². The second kappa shape index (κ2) is 5.65. The molecule has 1 aromatic heterocycles. The molecule has 1 heterocycles. The van der Waals surface area contributed by atoms with E-state index in [1.165, 1.54) is 11.3 Å². The number of hydrogen-bond acceptors (Lipinski definition) is 4. The minimum absolute atomic E-state index is 0.188. The third-order valence-electron chi connectivity index (χ3n) is 2.02. The number of hydrogen-bond donors (Lipinski definition) is 1. The fourth-order valence-corrected chi connectivity index (χ4v) is 2.18. The lowest BCUT2D eigenvalue weighted by Crippen LogP contribution is -2.36. The molecule has 0 bridgehead atoms. The molecule has 0 saturated carbocycles. The van der Waals surface area contributed by atoms with E-state index in [-0.39, 0.29) is 12.5 Å². The molecule has 0 aliphatic carbocycles. The van der Waals surface area contributed by atoms with Crippen molar-refractivity contribution in [2.45, 2.75) is 13.8 Å². The van der Waals surface area contributed by atoms with Crippen LogP contribution in [-0.4, -0.2) is 25.3 Å². The van der Waals surface area contributed by atoms with Crippen molar-refractivity contribution >= 4 is 29.2 Å². The molecular formula is C11H16N2O2S. The van der Waals surface area contributed by atoms with E-state index in [2.05, 4.69) is 13.8 Å². The van der Waals surface area contributed by atoms with Gasteiger partial charge in [-0.3, -0.25) is 9.59 Å². The molecule has 0 radical (unpaired) electrons. The maximum Gasteiger partial charge on any atom is 0.236 e. The van der Waals surface area contributed by atoms with Gasteiger partial charge in [-0.25, -0.2) is 0 Å². The van der Waals surface area contributed by atoms with E-state index in [1.807, 2.05) is 10.3 Å². The highest BCUT2D eigenvalue weighted by Crippen LogP contribution is 2.22. The fourth-order valence-electron chi connectivity index (χ4n) is 1.46. The Balaban J connectivity index is 2.81. The van der Waals surface area contributed by atoms with Gasteiger partial charge >= 0.3 is 0 Å². The third kappa shape index (κ3) is 3.66. The highest BCUT2D eigenvalue weighted by atomic mass is 32.1. The molecule has 88 valence electrons. The SMILES string of the molecule is CC(C)CN(CC(N)=O)c1csc(C=O)c1. The summed E-state index contributed by atoms with van der Waals surface area (Å²) >= 11 is 1.37. The largest absolute Gasteiger partial charge is 0.368 e. The van der Waals surface area contributed by atoms with E-state index < -0.39 is 0 Å². The second-order valence-electron chi connectivity index (χ2n) is 4.07. The Morgan fingerprint density at radius 2 is 2.31 bits per heavy atom. The Kier molecular flexibility index (Phi) is 4.49. The molecule has 0 aliphatic rings. The molecule has 1 amide bonds. The number of thiophene rings is 1. The number of amides is 1. The summed E-state index contributed by atoms with van der Waals surface area (Å²) in [5.74, 6) is 0.0680. The smallest absolute Gasteiger partial charge is 0.236 e. The fraction of sp³-hybridized carbons (Fsp3) is 0.455. The van der Waals surface area contributed by atoms with Gasteiger partial charge in [0.2, 0.25) is 5.91 Å². The number of anilines is 1. The molecule has 1 aromatic rings. The summed E-state index contributed by atoms with van der Waals surface area (Å²) in [6, 6.07) is 1.78. The van der Waals surface area contributed by atoms with Crippen LogP contribution in [0.5, 0.6) is 0 Å². The first-order valence-electron chi connectivity index (χ1n) is 5.10. The molecule has 2 N–H and O–H groups in total. The molecule has 4 nitrogen and oxygen atoms in total. The molecule has 5 heteroatoms. The van der Waals surface area contributed by atoms with E-state index in [4.69, 9.17) is 5.73 Å². The van der Waals surface area contributed by atoms with E-state index in [1.54, 1.807) is 6.07 Å². The zero-order valence-corrected chi connectivity index (χ0v) is 10.3. The van der Waals surface area contributed by atoms with Crippen LogP contribution in [0.3, 0.4) is 0 Å². The van der Waals surface area contributed by atoms with E-state index >= 15 is 0 Å². The van der Waals surface area contributed by atoms with Gasteiger partial charge in [0.1, 0.15) is 0 Å². The summed E-state index contributed by atoms with van der Waals surface area (Å²) in [7, 11) is 0. The third-order valence-corrected chi connectivity index (χ3v) is 2.87. The molecule has 16 heavy (non-hydrogen) atoms. The van der Waals surface area contributed by atoms with Crippen molar-refractivity contribution in [1.82, 2.24) is 0 Å². The van der Waals surface area contributed by atoms with Gasteiger partial charge in [-0.1, -0.05) is 13.8 Å². The van der Waals surface area contributed by atoms with Gasteiger partial charge in [0.15, 0.2) is 6.29 Å². The summed E-state index contributed by atoms with van der Waals surface area (Å²) in [6.45, 7) is 5.08. The van der Waals surface area contributed by atoms with Gasteiger partial charge in [-0.05, 0) is 12.0 Å². The van der Waals surface area contributed by atoms with Crippen molar-refractivity contribution in [1.29, 1.82) is 0 Å². The Morgan fingerprint density at radius 3 is 2.75 bits per heavy atom. The lowest BCUT2D eigenvalue weighted by molar-refractivity contribution is -0.116. The maximum atomic E-state index is 11.0. The zero-order chi connectivity index (χ0) is 12.1. The molecular weight excluding hydrogens is 224 g/mol. The van der Waals surface area contributed by atoms with Crippen LogP contribution in [0.1, 0.15) is 23.5 Å². The van der Waals surface area contributed by atoms with Crippen LogP contribution in [0.25, 0.3) is 0 Å². The van der Waals surface area contributed by atoms with E-state index in [0.717, 1.165) is 18.5 Å². The van der Waals surface area contributed by atoms with Gasteiger partial charge in [0, 0.05) is 17.6 Å². The monoisotopic (exact) mass is 240 g/mol. The minimum atomic E-state index is -0.362. The minimum Gasteiger partial charge on any atom is -0.368 e. The Morgan fingerprint density at radius 1 is 1.62 bits per heavy atom. The number of nitrogens with zero attached hydrogens (tertiary/aromatic N) is 1. The molecule has 0 fully saturated rings. The molecule has 0 spiro atoms. The number of rotatable bonds is 6. The highest BCUT2D eigenvalue weighted by molar-refractivity contribution is 7.12. The van der Waals surface area contributed by atoms with Gasteiger partial charge in [-0.15, -0.1) is 11.3 Å². The van der Waals surface area contributed by atoms with Crippen LogP contribution in [0.4, 0.5) is 5.69 Å². The first kappa shape index (κ1) is 12.7. The van der Waals surface area contributed by atoms with Crippen LogP contribution in [0, 0.1) is 5.92 Å². The lowest BCUT2D eigenvalue weighted by atomic mass is 10.2. The first-order valence-corrected chi connectivity index (χ1v) is 5.98. The predicted octanol–water partition coefficient (Wildman–Crippen LogP) is 1.51. The summed E-state index contributed by atoms with van der Waals surface area (Å²) in [5.41, 5.74) is 6.09. The van der Waals surface area contributed by atoms with E-state index in [0.29, 0.717) is 10.8 Å².